The molecule has 302 valence electrons. The van der Waals surface area contributed by atoms with Crippen LogP contribution in [0.3, 0.4) is 0 Å². The lowest BCUT2D eigenvalue weighted by Crippen LogP contribution is -2.41. The lowest BCUT2D eigenvalue weighted by molar-refractivity contribution is -0.140. The minimum atomic E-state index is -1.31. The highest BCUT2D eigenvalue weighted by atomic mass is 32.1. The van der Waals surface area contributed by atoms with Crippen molar-refractivity contribution >= 4 is 73.1 Å². The molecule has 12 N–H and O–H groups in total. The molecule has 58 heavy (non-hydrogen) atoms. The standard InChI is InChI=1S/C19H19N7O6.C14H21N3.C7H5NS/c20-19-25-15-14(17(30)26-19)23-11(8-22-15)7-21-10-3-1-9(2-4-10)16(29)24-12(18(31)32)5-6-13(27)28;15-14(16)9-3-1-2-7-12-10-11-6-4-5-8-13(11)17-12;1-2-4-7-6(3-1)8-5-9-7/h1-4,8,12,21H,5-7H2,(H,24,29)(H,27,28)(H,31,32)(H3,20,22,25,26,30);4-6,8,10,14,17H,1-3,7,9,15-16H2;1-5H. The van der Waals surface area contributed by atoms with E-state index in [1.165, 1.54) is 52.5 Å². The first-order valence-electron chi connectivity index (χ1n) is 18.4. The van der Waals surface area contributed by atoms with Gasteiger partial charge in [-0.15, -0.1) is 11.3 Å². The van der Waals surface area contributed by atoms with Crippen molar-refractivity contribution in [3.8, 4) is 0 Å². The largest absolute Gasteiger partial charge is 0.481 e. The van der Waals surface area contributed by atoms with Gasteiger partial charge < -0.3 is 43.0 Å². The summed E-state index contributed by atoms with van der Waals surface area (Å²) in [5, 5.41) is 24.5. The van der Waals surface area contributed by atoms with E-state index >= 15 is 0 Å². The molecular weight excluding hydrogens is 763 g/mol. The molecule has 7 rings (SSSR count). The number of hydrogen-bond donors (Lipinski definition) is 9. The van der Waals surface area contributed by atoms with Gasteiger partial charge in [0.05, 0.1) is 40.3 Å². The number of carbonyl (C=O) groups is 3. The fourth-order valence-corrected chi connectivity index (χ4v) is 6.38. The number of aliphatic carboxylic acids is 2. The number of benzene rings is 3. The van der Waals surface area contributed by atoms with Crippen LogP contribution in [-0.2, 0) is 22.6 Å². The topological polar surface area (TPSA) is 294 Å². The number of nitrogens with zero attached hydrogens (tertiary/aromatic N) is 4. The van der Waals surface area contributed by atoms with Gasteiger partial charge in [-0.05, 0) is 79.6 Å². The van der Waals surface area contributed by atoms with Gasteiger partial charge in [-0.1, -0.05) is 43.2 Å². The van der Waals surface area contributed by atoms with Gasteiger partial charge in [0, 0.05) is 28.9 Å². The molecule has 0 fully saturated rings. The maximum absolute atomic E-state index is 12.3. The molecule has 1 unspecified atom stereocenters. The van der Waals surface area contributed by atoms with Crippen molar-refractivity contribution in [3.05, 3.63) is 118 Å². The molecule has 1 atom stereocenters. The van der Waals surface area contributed by atoms with E-state index in [1.54, 1.807) is 23.5 Å². The van der Waals surface area contributed by atoms with Crippen molar-refractivity contribution in [1.29, 1.82) is 0 Å². The number of thiazole rings is 1. The minimum Gasteiger partial charge on any atom is -0.481 e. The molecule has 7 aromatic rings. The molecule has 1 amide bonds. The van der Waals surface area contributed by atoms with Crippen LogP contribution < -0.4 is 33.4 Å². The number of carboxylic acid groups (broad SMARTS) is 2. The summed E-state index contributed by atoms with van der Waals surface area (Å²) < 4.78 is 1.26. The molecule has 4 heterocycles. The number of hydrogen-bond acceptors (Lipinski definition) is 13. The maximum atomic E-state index is 12.3. The average Bonchev–Trinajstić information content (AvgIpc) is 3.86. The van der Waals surface area contributed by atoms with E-state index in [-0.39, 0.29) is 48.2 Å². The Morgan fingerprint density at radius 1 is 0.862 bits per heavy atom. The fourth-order valence-electron chi connectivity index (χ4n) is 5.70. The summed E-state index contributed by atoms with van der Waals surface area (Å²) >= 11 is 1.68. The Hall–Kier alpha value is -6.76. The number of aromatic amines is 2. The molecule has 4 aromatic heterocycles. The summed E-state index contributed by atoms with van der Waals surface area (Å²) in [6.45, 7) is 0.231. The second-order valence-electron chi connectivity index (χ2n) is 13.2. The van der Waals surface area contributed by atoms with Crippen LogP contribution in [0.4, 0.5) is 11.6 Å². The molecule has 0 radical (unpaired) electrons. The Morgan fingerprint density at radius 3 is 2.34 bits per heavy atom. The second-order valence-corrected chi connectivity index (χ2v) is 14.1. The lowest BCUT2D eigenvalue weighted by atomic mass is 10.1. The third kappa shape index (κ3) is 12.9. The first kappa shape index (κ1) is 42.4. The summed E-state index contributed by atoms with van der Waals surface area (Å²) in [6.07, 6.45) is 6.23. The zero-order chi connectivity index (χ0) is 41.4. The highest BCUT2D eigenvalue weighted by Crippen LogP contribution is 2.18. The number of nitrogens with one attached hydrogen (secondary N) is 4. The van der Waals surface area contributed by atoms with Crippen molar-refractivity contribution < 1.29 is 24.6 Å². The Morgan fingerprint density at radius 2 is 1.62 bits per heavy atom. The second kappa shape index (κ2) is 21.0. The normalized spacial score (nSPS) is 11.4. The number of unbranched alkanes of at least 4 members (excludes halogenated alkanes) is 2. The SMILES string of the molecule is NC(N)CCCCCc1cc2ccccc2[nH]1.Nc1nc2ncc(CNc3ccc(C(=O)NC(CCC(=O)O)C(=O)O)cc3)nc2c(=O)[nH]1.c1ccc2scnc2c1. The van der Waals surface area contributed by atoms with E-state index in [0.29, 0.717) is 11.4 Å². The van der Waals surface area contributed by atoms with E-state index in [1.807, 2.05) is 23.7 Å². The van der Waals surface area contributed by atoms with E-state index in [2.05, 4.69) is 76.9 Å². The zero-order valence-electron chi connectivity index (χ0n) is 31.4. The smallest absolute Gasteiger partial charge is 0.326 e. The number of fused-ring (bicyclic) bond motifs is 3. The van der Waals surface area contributed by atoms with Gasteiger partial charge in [-0.3, -0.25) is 19.4 Å². The van der Waals surface area contributed by atoms with Crippen molar-refractivity contribution in [3.63, 3.8) is 0 Å². The Kier molecular flexibility index (Phi) is 15.3. The molecule has 0 spiro atoms. The Labute approximate surface area is 336 Å². The summed E-state index contributed by atoms with van der Waals surface area (Å²) in [4.78, 5) is 68.1. The van der Waals surface area contributed by atoms with Gasteiger partial charge >= 0.3 is 11.9 Å². The van der Waals surface area contributed by atoms with Crippen LogP contribution in [0.1, 0.15) is 60.3 Å². The van der Waals surface area contributed by atoms with Gasteiger partial charge in [0.25, 0.3) is 11.5 Å². The van der Waals surface area contributed by atoms with Crippen molar-refractivity contribution in [2.24, 2.45) is 11.5 Å². The average molecular weight is 808 g/mol. The van der Waals surface area contributed by atoms with E-state index in [9.17, 15) is 19.2 Å². The number of nitrogen functional groups attached to an aromatic ring is 1. The van der Waals surface area contributed by atoms with E-state index < -0.39 is 29.4 Å². The molecule has 18 heteroatoms. The molecule has 0 saturated heterocycles. The Bertz CT molecular complexity index is 2440. The summed E-state index contributed by atoms with van der Waals surface area (Å²) in [5.41, 5.74) is 23.0. The van der Waals surface area contributed by atoms with Crippen LogP contribution in [0.2, 0.25) is 0 Å². The molecule has 0 aliphatic carbocycles. The highest BCUT2D eigenvalue weighted by Gasteiger charge is 2.21. The Balaban J connectivity index is 0.000000202. The van der Waals surface area contributed by atoms with E-state index in [4.69, 9.17) is 27.4 Å². The number of aryl methyl sites for hydroxylation is 1. The first-order chi connectivity index (χ1) is 27.9. The number of para-hydroxylation sites is 2. The number of H-pyrrole nitrogens is 2. The van der Waals surface area contributed by atoms with Crippen molar-refractivity contribution in [2.75, 3.05) is 11.1 Å². The quantitative estimate of drug-likeness (QED) is 0.0498. The predicted octanol–water partition coefficient (Wildman–Crippen LogP) is 4.77. The van der Waals surface area contributed by atoms with Gasteiger partial charge in [-0.2, -0.15) is 4.98 Å². The molecule has 3 aromatic carbocycles. The lowest BCUT2D eigenvalue weighted by Gasteiger charge is -2.14. The van der Waals surface area contributed by atoms with Crippen LogP contribution in [0.5, 0.6) is 0 Å². The molecule has 0 aliphatic rings. The number of anilines is 2. The first-order valence-corrected chi connectivity index (χ1v) is 19.3. The monoisotopic (exact) mass is 807 g/mol. The predicted molar refractivity (Wildman–Crippen MR) is 224 cm³/mol. The third-order valence-electron chi connectivity index (χ3n) is 8.66. The van der Waals surface area contributed by atoms with Crippen LogP contribution in [0.15, 0.2) is 95.4 Å². The fraction of sp³-hybridized carbons (Fsp3) is 0.250. The van der Waals surface area contributed by atoms with Gasteiger partial charge in [-0.25, -0.2) is 19.7 Å². The summed E-state index contributed by atoms with van der Waals surface area (Å²) in [7, 11) is 0. The van der Waals surface area contributed by atoms with E-state index in [0.717, 1.165) is 24.8 Å². The molecule has 17 nitrogen and oxygen atoms in total. The molecule has 0 saturated carbocycles. The van der Waals surface area contributed by atoms with Gasteiger partial charge in [0.1, 0.15) is 6.04 Å². The number of aromatic nitrogens is 6. The summed E-state index contributed by atoms with van der Waals surface area (Å²) in [5.74, 6) is -3.16. The van der Waals surface area contributed by atoms with Crippen LogP contribution in [0, 0.1) is 0 Å². The minimum absolute atomic E-state index is 0.0524. The summed E-state index contributed by atoms with van der Waals surface area (Å²) in [6, 6.07) is 23.6. The van der Waals surface area contributed by atoms with Crippen LogP contribution in [0.25, 0.3) is 32.3 Å². The number of carbonyl (C=O) groups excluding carboxylic acids is 1. The number of carboxylic acids is 2. The zero-order valence-corrected chi connectivity index (χ0v) is 32.2. The molecular formula is C40H45N11O6S. The van der Waals surface area contributed by atoms with Crippen LogP contribution in [-0.4, -0.2) is 70.2 Å². The van der Waals surface area contributed by atoms with Gasteiger partial charge in [0.15, 0.2) is 11.2 Å². The van der Waals surface area contributed by atoms with Crippen LogP contribution >= 0.6 is 11.3 Å². The van der Waals surface area contributed by atoms with Crippen molar-refractivity contribution in [2.45, 2.75) is 63.7 Å². The van der Waals surface area contributed by atoms with Gasteiger partial charge in [0.2, 0.25) is 5.95 Å². The molecule has 0 aliphatic heterocycles. The third-order valence-corrected chi connectivity index (χ3v) is 9.47. The highest BCUT2D eigenvalue weighted by molar-refractivity contribution is 7.16. The molecule has 0 bridgehead atoms. The maximum Gasteiger partial charge on any atom is 0.326 e. The number of amides is 1. The van der Waals surface area contributed by atoms with Crippen molar-refractivity contribution in [1.82, 2.24) is 35.2 Å². The number of rotatable bonds is 15. The number of nitrogens with two attached hydrogens (primary N) is 3.